The van der Waals surface area contributed by atoms with E-state index in [4.69, 9.17) is 9.47 Å². The summed E-state index contributed by atoms with van der Waals surface area (Å²) in [5, 5.41) is 4.78. The molecule has 0 saturated carbocycles. The summed E-state index contributed by atoms with van der Waals surface area (Å²) in [5.41, 5.74) is 3.96. The maximum Gasteiger partial charge on any atom is 0.338 e. The standard InChI is InChI=1S/C25H31N3O5/c1-16-6-5-7-22(19(16)4)26-25(31)27-23(29)15-32-24(30)21-10-8-20(9-11-21)14-28-12-17(2)33-18(3)13-28/h5-11,17-18H,12-15H2,1-4H3,(H2,26,27,29,31). The minimum Gasteiger partial charge on any atom is -0.452 e. The van der Waals surface area contributed by atoms with E-state index >= 15 is 0 Å². The number of benzene rings is 2. The van der Waals surface area contributed by atoms with Crippen molar-refractivity contribution in [3.8, 4) is 0 Å². The molecule has 1 aliphatic heterocycles. The number of amides is 3. The van der Waals surface area contributed by atoms with E-state index in [1.807, 2.05) is 38.1 Å². The van der Waals surface area contributed by atoms with Crippen LogP contribution in [0.5, 0.6) is 0 Å². The second kappa shape index (κ2) is 11.1. The Balaban J connectivity index is 1.44. The monoisotopic (exact) mass is 453 g/mol. The Labute approximate surface area is 194 Å². The molecule has 2 unspecified atom stereocenters. The predicted octanol–water partition coefficient (Wildman–Crippen LogP) is 3.42. The number of carbonyl (C=O) groups excluding carboxylic acids is 3. The van der Waals surface area contributed by atoms with E-state index in [1.54, 1.807) is 18.2 Å². The number of hydrogen-bond acceptors (Lipinski definition) is 6. The summed E-state index contributed by atoms with van der Waals surface area (Å²) in [6.45, 7) is 9.87. The third-order valence-electron chi connectivity index (χ3n) is 5.53. The van der Waals surface area contributed by atoms with E-state index < -0.39 is 24.5 Å². The van der Waals surface area contributed by atoms with Crippen molar-refractivity contribution in [2.24, 2.45) is 0 Å². The number of morpholine rings is 1. The van der Waals surface area contributed by atoms with Gasteiger partial charge in [0, 0.05) is 25.3 Å². The Kier molecular flexibility index (Phi) is 8.19. The van der Waals surface area contributed by atoms with Crippen molar-refractivity contribution in [3.05, 3.63) is 64.7 Å². The van der Waals surface area contributed by atoms with Crippen molar-refractivity contribution in [2.45, 2.75) is 46.4 Å². The van der Waals surface area contributed by atoms with Crippen LogP contribution in [0.25, 0.3) is 0 Å². The fraction of sp³-hybridized carbons (Fsp3) is 0.400. The molecular weight excluding hydrogens is 422 g/mol. The third kappa shape index (κ3) is 7.13. The minimum absolute atomic E-state index is 0.192. The lowest BCUT2D eigenvalue weighted by Gasteiger charge is -2.35. The molecule has 2 aromatic carbocycles. The molecule has 176 valence electrons. The minimum atomic E-state index is -0.710. The normalized spacial score (nSPS) is 18.4. The summed E-state index contributed by atoms with van der Waals surface area (Å²) in [5.74, 6) is -1.33. The lowest BCUT2D eigenvalue weighted by Crippen LogP contribution is -2.44. The van der Waals surface area contributed by atoms with E-state index in [0.29, 0.717) is 11.3 Å². The highest BCUT2D eigenvalue weighted by Crippen LogP contribution is 2.18. The van der Waals surface area contributed by atoms with Crippen molar-refractivity contribution in [2.75, 3.05) is 25.0 Å². The quantitative estimate of drug-likeness (QED) is 0.651. The average Bonchev–Trinajstić information content (AvgIpc) is 2.75. The van der Waals surface area contributed by atoms with Gasteiger partial charge in [0.25, 0.3) is 5.91 Å². The molecule has 0 bridgehead atoms. The van der Waals surface area contributed by atoms with E-state index in [1.165, 1.54) is 0 Å². The fourth-order valence-corrected chi connectivity index (χ4v) is 3.84. The number of nitrogens with zero attached hydrogens (tertiary/aromatic N) is 1. The molecule has 2 N–H and O–H groups in total. The first kappa shape index (κ1) is 24.4. The van der Waals surface area contributed by atoms with Gasteiger partial charge in [-0.15, -0.1) is 0 Å². The van der Waals surface area contributed by atoms with Gasteiger partial charge < -0.3 is 14.8 Å². The largest absolute Gasteiger partial charge is 0.452 e. The summed E-state index contributed by atoms with van der Waals surface area (Å²) in [6, 6.07) is 11.9. The first-order valence-corrected chi connectivity index (χ1v) is 11.0. The van der Waals surface area contributed by atoms with Crippen LogP contribution in [-0.2, 0) is 20.8 Å². The first-order valence-electron chi connectivity index (χ1n) is 11.0. The molecule has 2 aromatic rings. The molecule has 8 nitrogen and oxygen atoms in total. The molecule has 0 spiro atoms. The summed E-state index contributed by atoms with van der Waals surface area (Å²) >= 11 is 0. The van der Waals surface area contributed by atoms with Gasteiger partial charge in [-0.05, 0) is 62.6 Å². The van der Waals surface area contributed by atoms with Gasteiger partial charge in [0.05, 0.1) is 17.8 Å². The van der Waals surface area contributed by atoms with Crippen LogP contribution in [0.2, 0.25) is 0 Å². The van der Waals surface area contributed by atoms with Crippen molar-refractivity contribution in [3.63, 3.8) is 0 Å². The summed E-state index contributed by atoms with van der Waals surface area (Å²) in [6.07, 6.45) is 0.383. The van der Waals surface area contributed by atoms with Crippen LogP contribution in [0.4, 0.5) is 10.5 Å². The smallest absolute Gasteiger partial charge is 0.338 e. The van der Waals surface area contributed by atoms with Crippen LogP contribution in [0.15, 0.2) is 42.5 Å². The highest BCUT2D eigenvalue weighted by molar-refractivity contribution is 6.02. The van der Waals surface area contributed by atoms with Crippen molar-refractivity contribution >= 4 is 23.6 Å². The van der Waals surface area contributed by atoms with Gasteiger partial charge in [-0.25, -0.2) is 9.59 Å². The summed E-state index contributed by atoms with van der Waals surface area (Å²) < 4.78 is 10.8. The Morgan fingerprint density at radius 2 is 1.70 bits per heavy atom. The van der Waals surface area contributed by atoms with Gasteiger partial charge >= 0.3 is 12.0 Å². The van der Waals surface area contributed by atoms with Crippen LogP contribution in [0.1, 0.15) is 40.9 Å². The molecule has 2 atom stereocenters. The van der Waals surface area contributed by atoms with Gasteiger partial charge in [0.15, 0.2) is 6.61 Å². The number of imide groups is 1. The molecule has 1 saturated heterocycles. The zero-order chi connectivity index (χ0) is 24.0. The maximum atomic E-state index is 12.3. The molecule has 8 heteroatoms. The Morgan fingerprint density at radius 1 is 1.03 bits per heavy atom. The number of rotatable bonds is 6. The van der Waals surface area contributed by atoms with E-state index in [9.17, 15) is 14.4 Å². The average molecular weight is 454 g/mol. The number of hydrogen-bond donors (Lipinski definition) is 2. The molecule has 33 heavy (non-hydrogen) atoms. The van der Waals surface area contributed by atoms with E-state index in [2.05, 4.69) is 29.4 Å². The molecule has 1 fully saturated rings. The number of urea groups is 1. The number of anilines is 1. The molecule has 1 heterocycles. The van der Waals surface area contributed by atoms with Gasteiger partial charge in [-0.3, -0.25) is 15.0 Å². The van der Waals surface area contributed by atoms with E-state index in [-0.39, 0.29) is 12.2 Å². The zero-order valence-electron chi connectivity index (χ0n) is 19.5. The van der Waals surface area contributed by atoms with Crippen molar-refractivity contribution in [1.82, 2.24) is 10.2 Å². The fourth-order valence-electron chi connectivity index (χ4n) is 3.84. The lowest BCUT2D eigenvalue weighted by molar-refractivity contribution is -0.123. The Bertz CT molecular complexity index is 996. The van der Waals surface area contributed by atoms with Gasteiger partial charge in [0.2, 0.25) is 0 Å². The number of nitrogens with one attached hydrogen (secondary N) is 2. The first-order chi connectivity index (χ1) is 15.7. The number of esters is 1. The molecule has 1 aliphatic rings. The van der Waals surface area contributed by atoms with Gasteiger partial charge in [0.1, 0.15) is 0 Å². The molecule has 3 amide bonds. The van der Waals surface area contributed by atoms with Crippen LogP contribution in [-0.4, -0.2) is 54.7 Å². The van der Waals surface area contributed by atoms with Crippen LogP contribution in [0, 0.1) is 13.8 Å². The van der Waals surface area contributed by atoms with Crippen LogP contribution < -0.4 is 10.6 Å². The third-order valence-corrected chi connectivity index (χ3v) is 5.53. The second-order valence-corrected chi connectivity index (χ2v) is 8.47. The molecule has 0 aliphatic carbocycles. The SMILES string of the molecule is Cc1cccc(NC(=O)NC(=O)COC(=O)c2ccc(CN3CC(C)OC(C)C3)cc2)c1C. The highest BCUT2D eigenvalue weighted by atomic mass is 16.5. The van der Waals surface area contributed by atoms with Crippen LogP contribution >= 0.6 is 0 Å². The molecular formula is C25H31N3O5. The molecule has 3 rings (SSSR count). The topological polar surface area (TPSA) is 97.0 Å². The van der Waals surface area contributed by atoms with Gasteiger partial charge in [-0.2, -0.15) is 0 Å². The number of aryl methyl sites for hydroxylation is 1. The molecule has 0 aromatic heterocycles. The second-order valence-electron chi connectivity index (χ2n) is 8.47. The van der Waals surface area contributed by atoms with Crippen molar-refractivity contribution < 1.29 is 23.9 Å². The van der Waals surface area contributed by atoms with E-state index in [0.717, 1.165) is 36.3 Å². The predicted molar refractivity (Wildman–Crippen MR) is 125 cm³/mol. The van der Waals surface area contributed by atoms with Gasteiger partial charge in [-0.1, -0.05) is 24.3 Å². The number of carbonyl (C=O) groups is 3. The zero-order valence-corrected chi connectivity index (χ0v) is 19.5. The number of ether oxygens (including phenoxy) is 2. The highest BCUT2D eigenvalue weighted by Gasteiger charge is 2.22. The lowest BCUT2D eigenvalue weighted by atomic mass is 10.1. The van der Waals surface area contributed by atoms with Crippen molar-refractivity contribution in [1.29, 1.82) is 0 Å². The summed E-state index contributed by atoms with van der Waals surface area (Å²) in [7, 11) is 0. The maximum absolute atomic E-state index is 12.3. The summed E-state index contributed by atoms with van der Waals surface area (Å²) in [4.78, 5) is 38.6. The Morgan fingerprint density at radius 3 is 2.36 bits per heavy atom. The van der Waals surface area contributed by atoms with Crippen LogP contribution in [0.3, 0.4) is 0 Å². The molecule has 0 radical (unpaired) electrons. The Hall–Kier alpha value is -3.23.